The van der Waals surface area contributed by atoms with Gasteiger partial charge in [-0.2, -0.15) is 0 Å². The smallest absolute Gasteiger partial charge is 0.433 e. The highest BCUT2D eigenvalue weighted by atomic mass is 16.6. The van der Waals surface area contributed by atoms with E-state index in [4.69, 9.17) is 14.0 Å². The van der Waals surface area contributed by atoms with Gasteiger partial charge < -0.3 is 14.0 Å². The van der Waals surface area contributed by atoms with Gasteiger partial charge in [-0.1, -0.05) is 17.3 Å². The van der Waals surface area contributed by atoms with Crippen molar-refractivity contribution in [1.82, 2.24) is 4.90 Å². The molecule has 1 fully saturated rings. The monoisotopic (exact) mass is 359 g/mol. The molecule has 2 heterocycles. The average molecular weight is 359 g/mol. The lowest BCUT2D eigenvalue weighted by Gasteiger charge is -2.26. The lowest BCUT2D eigenvalue weighted by molar-refractivity contribution is -0.402. The Morgan fingerprint density at radius 1 is 1.19 bits per heavy atom. The molecule has 1 saturated heterocycles. The number of likely N-dealkylation sites (tertiary alicyclic amines) is 1. The van der Waals surface area contributed by atoms with E-state index in [2.05, 4.69) is 10.1 Å². The van der Waals surface area contributed by atoms with Crippen molar-refractivity contribution in [3.8, 4) is 5.75 Å². The zero-order valence-corrected chi connectivity index (χ0v) is 14.6. The first kappa shape index (κ1) is 17.9. The number of benzene rings is 1. The number of furan rings is 1. The van der Waals surface area contributed by atoms with E-state index in [0.29, 0.717) is 18.9 Å². The van der Waals surface area contributed by atoms with Crippen LogP contribution in [0.25, 0.3) is 0 Å². The average Bonchev–Trinajstić information content (AvgIpc) is 3.13. The van der Waals surface area contributed by atoms with Crippen molar-refractivity contribution >= 4 is 11.6 Å². The number of ether oxygens (including phenoxy) is 1. The highest BCUT2D eigenvalue weighted by Gasteiger charge is 2.19. The van der Waals surface area contributed by atoms with Crippen LogP contribution in [0.1, 0.15) is 24.2 Å². The van der Waals surface area contributed by atoms with E-state index >= 15 is 0 Å². The molecule has 26 heavy (non-hydrogen) atoms. The third-order valence-electron chi connectivity index (χ3n) is 4.22. The number of hydrogen-bond acceptors (Lipinski definition) is 7. The van der Waals surface area contributed by atoms with Gasteiger partial charge in [0, 0.05) is 25.9 Å². The van der Waals surface area contributed by atoms with Gasteiger partial charge in [0.25, 0.3) is 0 Å². The van der Waals surface area contributed by atoms with Gasteiger partial charge in [0.1, 0.15) is 23.0 Å². The summed E-state index contributed by atoms with van der Waals surface area (Å²) in [5.41, 5.74) is 2.06. The Kier molecular flexibility index (Phi) is 5.85. The van der Waals surface area contributed by atoms with Crippen LogP contribution in [0.5, 0.6) is 5.75 Å². The Balaban J connectivity index is 1.42. The van der Waals surface area contributed by atoms with Gasteiger partial charge in [-0.25, -0.2) is 0 Å². The maximum atomic E-state index is 10.6. The third-order valence-corrected chi connectivity index (χ3v) is 4.22. The van der Waals surface area contributed by atoms with Crippen LogP contribution >= 0.6 is 0 Å². The van der Waals surface area contributed by atoms with E-state index < -0.39 is 4.92 Å². The van der Waals surface area contributed by atoms with Crippen LogP contribution in [-0.2, 0) is 18.0 Å². The molecule has 8 heteroatoms. The van der Waals surface area contributed by atoms with Gasteiger partial charge in [0.2, 0.25) is 0 Å². The molecule has 1 aromatic carbocycles. The zero-order valence-electron chi connectivity index (χ0n) is 14.6. The van der Waals surface area contributed by atoms with E-state index in [1.54, 1.807) is 13.2 Å². The summed E-state index contributed by atoms with van der Waals surface area (Å²) in [7, 11) is 1.64. The number of nitro groups is 1. The second-order valence-corrected chi connectivity index (χ2v) is 6.05. The molecule has 3 rings (SSSR count). The molecule has 2 aromatic rings. The molecule has 138 valence electrons. The number of methoxy groups -OCH3 is 1. The Hall–Kier alpha value is -2.87. The minimum absolute atomic E-state index is 0.216. The number of oxime groups is 1. The van der Waals surface area contributed by atoms with Crippen molar-refractivity contribution < 1.29 is 18.9 Å². The number of hydrogen-bond donors (Lipinski definition) is 0. The maximum Gasteiger partial charge on any atom is 0.433 e. The summed E-state index contributed by atoms with van der Waals surface area (Å²) in [6.45, 7) is 2.62. The fraction of sp³-hybridized carbons (Fsp3) is 0.389. The summed E-state index contributed by atoms with van der Waals surface area (Å²) in [6, 6.07) is 10.7. The summed E-state index contributed by atoms with van der Waals surface area (Å²) in [5.74, 6) is 1.20. The Morgan fingerprint density at radius 2 is 1.92 bits per heavy atom. The highest BCUT2D eigenvalue weighted by Crippen LogP contribution is 2.19. The molecule has 0 N–H and O–H groups in total. The quantitative estimate of drug-likeness (QED) is 0.556. The molecule has 0 atom stereocenters. The fourth-order valence-corrected chi connectivity index (χ4v) is 2.75. The number of rotatable bonds is 7. The molecule has 8 nitrogen and oxygen atoms in total. The minimum Gasteiger partial charge on any atom is -0.497 e. The molecule has 0 radical (unpaired) electrons. The highest BCUT2D eigenvalue weighted by molar-refractivity contribution is 5.84. The van der Waals surface area contributed by atoms with Crippen molar-refractivity contribution in [1.29, 1.82) is 0 Å². The molecule has 0 spiro atoms. The molecular formula is C18H21N3O5. The molecule has 0 unspecified atom stereocenters. The summed E-state index contributed by atoms with van der Waals surface area (Å²) in [5, 5.41) is 14.9. The summed E-state index contributed by atoms with van der Waals surface area (Å²) in [4.78, 5) is 17.8. The fourth-order valence-electron chi connectivity index (χ4n) is 2.75. The van der Waals surface area contributed by atoms with E-state index in [1.807, 2.05) is 24.3 Å². The molecule has 0 aliphatic carbocycles. The molecule has 1 aromatic heterocycles. The predicted octanol–water partition coefficient (Wildman–Crippen LogP) is 3.37. The van der Waals surface area contributed by atoms with Crippen molar-refractivity contribution in [3.63, 3.8) is 0 Å². The Labute approximate surface area is 151 Å². The van der Waals surface area contributed by atoms with Gasteiger partial charge in [-0.15, -0.1) is 0 Å². The summed E-state index contributed by atoms with van der Waals surface area (Å²) in [6.07, 6.45) is 1.62. The summed E-state index contributed by atoms with van der Waals surface area (Å²) >= 11 is 0. The van der Waals surface area contributed by atoms with Gasteiger partial charge in [0.15, 0.2) is 0 Å². The van der Waals surface area contributed by atoms with Crippen LogP contribution in [0.4, 0.5) is 5.88 Å². The Bertz CT molecular complexity index is 759. The van der Waals surface area contributed by atoms with E-state index in [1.165, 1.54) is 6.07 Å². The zero-order chi connectivity index (χ0) is 18.4. The van der Waals surface area contributed by atoms with Crippen molar-refractivity contribution in [2.45, 2.75) is 26.0 Å². The molecule has 0 amide bonds. The van der Waals surface area contributed by atoms with Gasteiger partial charge >= 0.3 is 5.88 Å². The minimum atomic E-state index is -0.523. The van der Waals surface area contributed by atoms with Crippen molar-refractivity contribution in [3.05, 3.63) is 57.8 Å². The second-order valence-electron chi connectivity index (χ2n) is 6.05. The van der Waals surface area contributed by atoms with Crippen LogP contribution in [0, 0.1) is 10.1 Å². The number of nitrogens with zero attached hydrogens (tertiary/aromatic N) is 3. The lowest BCUT2D eigenvalue weighted by Crippen LogP contribution is -2.33. The van der Waals surface area contributed by atoms with E-state index in [0.717, 1.165) is 43.0 Å². The SMILES string of the molecule is COc1ccc(CON=C2CCN(Cc3ccc([N+](=O)[O-])o3)CC2)cc1. The Morgan fingerprint density at radius 3 is 2.54 bits per heavy atom. The van der Waals surface area contributed by atoms with Crippen LogP contribution < -0.4 is 4.74 Å². The van der Waals surface area contributed by atoms with Gasteiger partial charge in [0.05, 0.1) is 25.4 Å². The van der Waals surface area contributed by atoms with Gasteiger partial charge in [-0.3, -0.25) is 15.0 Å². The molecular weight excluding hydrogens is 338 g/mol. The normalized spacial score (nSPS) is 14.9. The second kappa shape index (κ2) is 8.48. The molecule has 1 aliphatic rings. The molecule has 0 saturated carbocycles. The third kappa shape index (κ3) is 4.82. The first-order chi connectivity index (χ1) is 12.6. The van der Waals surface area contributed by atoms with Gasteiger partial charge in [-0.05, 0) is 23.8 Å². The van der Waals surface area contributed by atoms with Crippen molar-refractivity contribution in [2.75, 3.05) is 20.2 Å². The topological polar surface area (TPSA) is 90.3 Å². The summed E-state index contributed by atoms with van der Waals surface area (Å²) < 4.78 is 10.3. The van der Waals surface area contributed by atoms with E-state index in [9.17, 15) is 10.1 Å². The van der Waals surface area contributed by atoms with Crippen LogP contribution in [0.3, 0.4) is 0 Å². The van der Waals surface area contributed by atoms with E-state index in [-0.39, 0.29) is 5.88 Å². The first-order valence-corrected chi connectivity index (χ1v) is 8.40. The van der Waals surface area contributed by atoms with Crippen LogP contribution in [0.2, 0.25) is 0 Å². The molecule has 0 bridgehead atoms. The van der Waals surface area contributed by atoms with Crippen molar-refractivity contribution in [2.24, 2.45) is 5.16 Å². The predicted molar refractivity (Wildman–Crippen MR) is 95.1 cm³/mol. The maximum absolute atomic E-state index is 10.6. The number of piperidine rings is 1. The van der Waals surface area contributed by atoms with Crippen LogP contribution in [0.15, 0.2) is 46.0 Å². The lowest BCUT2D eigenvalue weighted by atomic mass is 10.1. The molecule has 1 aliphatic heterocycles. The largest absolute Gasteiger partial charge is 0.497 e. The standard InChI is InChI=1S/C18H21N3O5/c1-24-16-4-2-14(3-5-16)13-25-19-15-8-10-20(11-9-15)12-17-6-7-18(26-17)21(22)23/h2-7H,8-13H2,1H3. The first-order valence-electron chi connectivity index (χ1n) is 8.40. The van der Waals surface area contributed by atoms with Crippen LogP contribution in [-0.4, -0.2) is 35.7 Å².